The highest BCUT2D eigenvalue weighted by Crippen LogP contribution is 2.28. The molecule has 1 aromatic rings. The summed E-state index contributed by atoms with van der Waals surface area (Å²) in [5.41, 5.74) is 0.802. The maximum absolute atomic E-state index is 12.6. The summed E-state index contributed by atoms with van der Waals surface area (Å²) < 4.78 is 1.98. The van der Waals surface area contributed by atoms with Crippen LogP contribution in [0.5, 0.6) is 0 Å². The largest absolute Gasteiger partial charge is 0.339 e. The average Bonchev–Trinajstić information content (AvgIpc) is 2.41. The van der Waals surface area contributed by atoms with Gasteiger partial charge in [0, 0.05) is 21.1 Å². The van der Waals surface area contributed by atoms with Crippen LogP contribution < -0.4 is 0 Å². The Labute approximate surface area is 137 Å². The van der Waals surface area contributed by atoms with Gasteiger partial charge in [0.15, 0.2) is 0 Å². The molecule has 1 aliphatic carbocycles. The molecule has 4 heteroatoms. The first kappa shape index (κ1) is 15.3. The first-order valence-corrected chi connectivity index (χ1v) is 8.58. The summed E-state index contributed by atoms with van der Waals surface area (Å²) >= 11 is 5.67. The van der Waals surface area contributed by atoms with Crippen molar-refractivity contribution in [1.29, 1.82) is 0 Å². The first-order valence-electron chi connectivity index (χ1n) is 6.71. The van der Waals surface area contributed by atoms with Crippen molar-refractivity contribution in [2.75, 3.05) is 7.05 Å². The zero-order valence-electron chi connectivity index (χ0n) is 11.3. The van der Waals surface area contributed by atoms with Crippen LogP contribution in [0.1, 0.15) is 43.0 Å². The molecule has 2 rings (SSSR count). The van der Waals surface area contributed by atoms with E-state index in [0.29, 0.717) is 6.04 Å². The van der Waals surface area contributed by atoms with Gasteiger partial charge in [0.1, 0.15) is 0 Å². The number of amides is 1. The van der Waals surface area contributed by atoms with Crippen LogP contribution >= 0.6 is 38.5 Å². The highest BCUT2D eigenvalue weighted by atomic mass is 127. The highest BCUT2D eigenvalue weighted by molar-refractivity contribution is 14.1. The van der Waals surface area contributed by atoms with E-state index < -0.39 is 0 Å². The second-order valence-corrected chi connectivity index (χ2v) is 7.53. The summed E-state index contributed by atoms with van der Waals surface area (Å²) in [5, 5.41) is 0. The van der Waals surface area contributed by atoms with Gasteiger partial charge in [0.05, 0.1) is 5.56 Å². The zero-order chi connectivity index (χ0) is 14.0. The topological polar surface area (TPSA) is 20.3 Å². The lowest BCUT2D eigenvalue weighted by atomic mass is 9.86. The second kappa shape index (κ2) is 6.57. The third kappa shape index (κ3) is 3.72. The molecule has 1 amide bonds. The lowest BCUT2D eigenvalue weighted by molar-refractivity contribution is 0.0678. The standard InChI is InChI=1S/C15H19BrINO/c1-10-3-6-12(7-4-10)18(2)15(19)13-9-11(16)5-8-14(13)17/h5,8-10,12H,3-4,6-7H2,1-2H3. The summed E-state index contributed by atoms with van der Waals surface area (Å²) in [4.78, 5) is 14.5. The molecule has 0 radical (unpaired) electrons. The van der Waals surface area contributed by atoms with Crippen molar-refractivity contribution >= 4 is 44.4 Å². The van der Waals surface area contributed by atoms with Crippen molar-refractivity contribution < 1.29 is 4.79 Å². The van der Waals surface area contributed by atoms with E-state index in [-0.39, 0.29) is 5.91 Å². The van der Waals surface area contributed by atoms with E-state index in [1.54, 1.807) is 0 Å². The fourth-order valence-electron chi connectivity index (χ4n) is 2.65. The predicted molar refractivity (Wildman–Crippen MR) is 90.4 cm³/mol. The number of rotatable bonds is 2. The minimum Gasteiger partial charge on any atom is -0.339 e. The summed E-state index contributed by atoms with van der Waals surface area (Å²) in [6.45, 7) is 2.30. The van der Waals surface area contributed by atoms with E-state index in [0.717, 1.165) is 32.4 Å². The van der Waals surface area contributed by atoms with Gasteiger partial charge in [-0.25, -0.2) is 0 Å². The van der Waals surface area contributed by atoms with Crippen LogP contribution in [-0.2, 0) is 0 Å². The molecule has 1 fully saturated rings. The van der Waals surface area contributed by atoms with Crippen molar-refractivity contribution in [3.05, 3.63) is 31.8 Å². The van der Waals surface area contributed by atoms with Gasteiger partial charge in [-0.2, -0.15) is 0 Å². The van der Waals surface area contributed by atoms with Crippen molar-refractivity contribution in [3.63, 3.8) is 0 Å². The maximum Gasteiger partial charge on any atom is 0.254 e. The number of benzene rings is 1. The van der Waals surface area contributed by atoms with E-state index in [2.05, 4.69) is 45.4 Å². The van der Waals surface area contributed by atoms with Crippen LogP contribution in [0.15, 0.2) is 22.7 Å². The van der Waals surface area contributed by atoms with Gasteiger partial charge >= 0.3 is 0 Å². The van der Waals surface area contributed by atoms with Crippen molar-refractivity contribution in [3.8, 4) is 0 Å². The molecule has 104 valence electrons. The summed E-state index contributed by atoms with van der Waals surface area (Å²) in [7, 11) is 1.94. The number of hydrogen-bond acceptors (Lipinski definition) is 1. The molecule has 0 unspecified atom stereocenters. The van der Waals surface area contributed by atoms with Crippen LogP contribution in [-0.4, -0.2) is 23.9 Å². The molecular formula is C15H19BrINO. The predicted octanol–water partition coefficient (Wildman–Crippen LogP) is 4.70. The molecule has 0 atom stereocenters. The van der Waals surface area contributed by atoms with Crippen LogP contribution in [0.25, 0.3) is 0 Å². The molecule has 19 heavy (non-hydrogen) atoms. The van der Waals surface area contributed by atoms with E-state index in [1.807, 2.05) is 30.1 Å². The molecular weight excluding hydrogens is 417 g/mol. The number of carbonyl (C=O) groups is 1. The van der Waals surface area contributed by atoms with E-state index in [9.17, 15) is 4.79 Å². The minimum absolute atomic E-state index is 0.144. The summed E-state index contributed by atoms with van der Waals surface area (Å²) in [6.07, 6.45) is 4.73. The molecule has 0 heterocycles. The number of nitrogens with zero attached hydrogens (tertiary/aromatic N) is 1. The quantitative estimate of drug-likeness (QED) is 0.616. The van der Waals surface area contributed by atoms with Crippen LogP contribution in [0.2, 0.25) is 0 Å². The van der Waals surface area contributed by atoms with Gasteiger partial charge in [-0.05, 0) is 72.4 Å². The van der Waals surface area contributed by atoms with E-state index >= 15 is 0 Å². The molecule has 1 saturated carbocycles. The maximum atomic E-state index is 12.6. The Morgan fingerprint density at radius 2 is 1.95 bits per heavy atom. The molecule has 2 nitrogen and oxygen atoms in total. The van der Waals surface area contributed by atoms with Gasteiger partial charge in [0.2, 0.25) is 0 Å². The first-order chi connectivity index (χ1) is 8.99. The van der Waals surface area contributed by atoms with Gasteiger partial charge in [0.25, 0.3) is 5.91 Å². The van der Waals surface area contributed by atoms with Crippen molar-refractivity contribution in [2.45, 2.75) is 38.6 Å². The molecule has 0 saturated heterocycles. The average molecular weight is 436 g/mol. The highest BCUT2D eigenvalue weighted by Gasteiger charge is 2.26. The Balaban J connectivity index is 2.12. The molecule has 0 spiro atoms. The monoisotopic (exact) mass is 435 g/mol. The third-order valence-corrected chi connectivity index (χ3v) is 5.45. The number of halogens is 2. The molecule has 0 aliphatic heterocycles. The molecule has 0 aromatic heterocycles. The van der Waals surface area contributed by atoms with Crippen molar-refractivity contribution in [2.24, 2.45) is 5.92 Å². The van der Waals surface area contributed by atoms with Gasteiger partial charge < -0.3 is 4.90 Å². The smallest absolute Gasteiger partial charge is 0.254 e. The minimum atomic E-state index is 0.144. The fourth-order valence-corrected chi connectivity index (χ4v) is 3.57. The van der Waals surface area contributed by atoms with E-state index in [1.165, 1.54) is 12.8 Å². The Kier molecular flexibility index (Phi) is 5.29. The molecule has 1 aliphatic rings. The zero-order valence-corrected chi connectivity index (χ0v) is 15.1. The SMILES string of the molecule is CC1CCC(N(C)C(=O)c2cc(Br)ccc2I)CC1. The van der Waals surface area contributed by atoms with Gasteiger partial charge in [-0.3, -0.25) is 4.79 Å². The Bertz CT molecular complexity index is 469. The Hall–Kier alpha value is -0.100. The number of carbonyl (C=O) groups excluding carboxylic acids is 1. The third-order valence-electron chi connectivity index (χ3n) is 4.01. The van der Waals surface area contributed by atoms with Crippen LogP contribution in [0, 0.1) is 9.49 Å². The molecule has 0 N–H and O–H groups in total. The molecule has 0 bridgehead atoms. The Morgan fingerprint density at radius 3 is 2.58 bits per heavy atom. The number of hydrogen-bond donors (Lipinski definition) is 0. The van der Waals surface area contributed by atoms with Gasteiger partial charge in [-0.1, -0.05) is 22.9 Å². The summed E-state index contributed by atoms with van der Waals surface area (Å²) in [6, 6.07) is 6.28. The van der Waals surface area contributed by atoms with Crippen LogP contribution in [0.4, 0.5) is 0 Å². The lowest BCUT2D eigenvalue weighted by Crippen LogP contribution is -2.39. The Morgan fingerprint density at radius 1 is 1.32 bits per heavy atom. The van der Waals surface area contributed by atoms with Crippen LogP contribution in [0.3, 0.4) is 0 Å². The lowest BCUT2D eigenvalue weighted by Gasteiger charge is -2.33. The molecule has 1 aromatic carbocycles. The second-order valence-electron chi connectivity index (χ2n) is 5.45. The van der Waals surface area contributed by atoms with E-state index in [4.69, 9.17) is 0 Å². The van der Waals surface area contributed by atoms with Gasteiger partial charge in [-0.15, -0.1) is 0 Å². The normalized spacial score (nSPS) is 23.2. The van der Waals surface area contributed by atoms with Crippen molar-refractivity contribution in [1.82, 2.24) is 4.90 Å². The summed E-state index contributed by atoms with van der Waals surface area (Å²) in [5.74, 6) is 0.955. The fraction of sp³-hybridized carbons (Fsp3) is 0.533.